The molecule has 2 unspecified atom stereocenters. The quantitative estimate of drug-likeness (QED) is 0.561. The van der Waals surface area contributed by atoms with Crippen LogP contribution in [0.5, 0.6) is 0 Å². The summed E-state index contributed by atoms with van der Waals surface area (Å²) in [5.41, 5.74) is 1.89. The molecule has 0 fully saturated rings. The van der Waals surface area contributed by atoms with Crippen molar-refractivity contribution in [2.24, 2.45) is 0 Å². The van der Waals surface area contributed by atoms with Gasteiger partial charge in [0.1, 0.15) is 10.5 Å². The Morgan fingerprint density at radius 2 is 1.83 bits per heavy atom. The molecule has 3 nitrogen and oxygen atoms in total. The Labute approximate surface area is 82.7 Å². The maximum absolute atomic E-state index is 5.64. The average molecular weight is 239 g/mol. The first-order chi connectivity index (χ1) is 5.60. The van der Waals surface area contributed by atoms with Crippen LogP contribution in [0.3, 0.4) is 0 Å². The summed E-state index contributed by atoms with van der Waals surface area (Å²) in [4.78, 5) is 0. The van der Waals surface area contributed by atoms with E-state index in [0.29, 0.717) is 10.5 Å². The third kappa shape index (κ3) is 6.05. The molecule has 12 heavy (non-hydrogen) atoms. The van der Waals surface area contributed by atoms with Crippen LogP contribution in [0, 0.1) is 0 Å². The fourth-order valence-corrected chi connectivity index (χ4v) is 7.94. The van der Waals surface area contributed by atoms with Crippen molar-refractivity contribution in [2.75, 3.05) is 0 Å². The molecule has 0 aliphatic carbocycles. The topological polar surface area (TPSA) is 27.7 Å². The highest BCUT2D eigenvalue weighted by atomic mass is 28.4. The van der Waals surface area contributed by atoms with Crippen molar-refractivity contribution < 1.29 is 12.3 Å². The highest BCUT2D eigenvalue weighted by Crippen LogP contribution is 1.97. The Morgan fingerprint density at radius 1 is 1.25 bits per heavy atom. The largest absolute Gasteiger partial charge is 0.451 e. The molecule has 0 bridgehead atoms. The van der Waals surface area contributed by atoms with E-state index in [0.717, 1.165) is 0 Å². The Morgan fingerprint density at radius 3 is 2.17 bits per heavy atom. The second-order valence-corrected chi connectivity index (χ2v) is 11.4. The van der Waals surface area contributed by atoms with Crippen LogP contribution in [0.4, 0.5) is 0 Å². The smallest absolute Gasteiger partial charge is 0.428 e. The molecule has 0 spiro atoms. The summed E-state index contributed by atoms with van der Waals surface area (Å²) >= 11 is 0. The van der Waals surface area contributed by atoms with Gasteiger partial charge in [-0.2, -0.15) is 0 Å². The van der Waals surface area contributed by atoms with Gasteiger partial charge in [0.15, 0.2) is 18.1 Å². The van der Waals surface area contributed by atoms with Gasteiger partial charge < -0.3 is 12.3 Å². The summed E-state index contributed by atoms with van der Waals surface area (Å²) in [5, 5.41) is 0. The van der Waals surface area contributed by atoms with Crippen LogP contribution in [0.2, 0.25) is 19.6 Å². The molecule has 0 heterocycles. The molecule has 0 amide bonds. The number of rotatable bonds is 6. The summed E-state index contributed by atoms with van der Waals surface area (Å²) < 4.78 is 16.6. The Bertz CT molecular complexity index is 132. The standard InChI is InChI=1S/C5H18O3Si4/c1-5-11(4)8-12(6-9)7-10(2)3/h5,10-12H,1H2,2-4,9H3. The van der Waals surface area contributed by atoms with Crippen molar-refractivity contribution in [2.45, 2.75) is 19.6 Å². The van der Waals surface area contributed by atoms with E-state index in [1.807, 2.05) is 5.70 Å². The van der Waals surface area contributed by atoms with Gasteiger partial charge in [0.2, 0.25) is 0 Å². The zero-order chi connectivity index (χ0) is 9.56. The minimum Gasteiger partial charge on any atom is -0.428 e. The van der Waals surface area contributed by atoms with Gasteiger partial charge in [-0.1, -0.05) is 5.70 Å². The Balaban J connectivity index is 3.74. The zero-order valence-corrected chi connectivity index (χ0v) is 13.7. The summed E-state index contributed by atoms with van der Waals surface area (Å²) in [6.45, 7) is 10.0. The molecule has 0 aromatic carbocycles. The van der Waals surface area contributed by atoms with Gasteiger partial charge in [-0.3, -0.25) is 0 Å². The lowest BCUT2D eigenvalue weighted by Gasteiger charge is -2.19. The van der Waals surface area contributed by atoms with Crippen molar-refractivity contribution in [1.82, 2.24) is 0 Å². The summed E-state index contributed by atoms with van der Waals surface area (Å²) in [6.07, 6.45) is 0. The van der Waals surface area contributed by atoms with Gasteiger partial charge in [0.05, 0.1) is 0 Å². The van der Waals surface area contributed by atoms with Crippen molar-refractivity contribution in [3.05, 3.63) is 12.3 Å². The third-order valence-electron chi connectivity index (χ3n) is 1.23. The molecule has 0 N–H and O–H groups in total. The molecule has 0 aromatic heterocycles. The van der Waals surface area contributed by atoms with E-state index in [1.54, 1.807) is 0 Å². The van der Waals surface area contributed by atoms with Gasteiger partial charge in [-0.05, 0) is 19.6 Å². The molecular formula is C5H18O3Si4. The fraction of sp³-hybridized carbons (Fsp3) is 0.600. The SMILES string of the molecule is C=C[SiH](C)O[SiH](O[SiH3])O[SiH](C)C. The Hall–Kier alpha value is 0.488. The molecule has 0 saturated heterocycles. The van der Waals surface area contributed by atoms with Crippen LogP contribution in [-0.4, -0.2) is 38.1 Å². The minimum atomic E-state index is -1.73. The van der Waals surface area contributed by atoms with Gasteiger partial charge in [0.25, 0.3) is 0 Å². The van der Waals surface area contributed by atoms with Crippen LogP contribution in [0.25, 0.3) is 0 Å². The van der Waals surface area contributed by atoms with Crippen LogP contribution >= 0.6 is 0 Å². The fourth-order valence-electron chi connectivity index (χ4n) is 0.596. The van der Waals surface area contributed by atoms with Crippen molar-refractivity contribution in [1.29, 1.82) is 0 Å². The van der Waals surface area contributed by atoms with Gasteiger partial charge >= 0.3 is 9.53 Å². The highest BCUT2D eigenvalue weighted by molar-refractivity contribution is 6.68. The maximum atomic E-state index is 5.64. The van der Waals surface area contributed by atoms with Gasteiger partial charge in [0, 0.05) is 0 Å². The molecule has 0 rings (SSSR count). The lowest BCUT2D eigenvalue weighted by Crippen LogP contribution is -2.35. The first-order valence-electron chi connectivity index (χ1n) is 4.06. The molecule has 7 heteroatoms. The van der Waals surface area contributed by atoms with Crippen molar-refractivity contribution in [3.63, 3.8) is 0 Å². The second kappa shape index (κ2) is 6.95. The molecular weight excluding hydrogens is 220 g/mol. The second-order valence-electron chi connectivity index (χ2n) is 2.79. The lowest BCUT2D eigenvalue weighted by atomic mass is 11.3. The normalized spacial score (nSPS) is 16.3. The molecule has 0 radical (unpaired) electrons. The predicted molar refractivity (Wildman–Crippen MR) is 62.4 cm³/mol. The molecule has 0 aliphatic heterocycles. The first kappa shape index (κ1) is 12.5. The van der Waals surface area contributed by atoms with Crippen LogP contribution in [0.1, 0.15) is 0 Å². The number of hydrogen-bond acceptors (Lipinski definition) is 3. The minimum absolute atomic E-state index is 0.708. The summed E-state index contributed by atoms with van der Waals surface area (Å²) in [7, 11) is -3.21. The van der Waals surface area contributed by atoms with Crippen molar-refractivity contribution in [3.8, 4) is 0 Å². The first-order valence-corrected chi connectivity index (χ1v) is 11.4. The molecule has 72 valence electrons. The molecule has 0 aliphatic rings. The van der Waals surface area contributed by atoms with Gasteiger partial charge in [-0.25, -0.2) is 0 Å². The molecule has 2 atom stereocenters. The third-order valence-corrected chi connectivity index (χ3v) is 9.11. The molecule has 0 saturated carbocycles. The number of hydrogen-bond donors (Lipinski definition) is 0. The molecule has 0 aromatic rings. The summed E-state index contributed by atoms with van der Waals surface area (Å²) in [6, 6.07) is 0. The van der Waals surface area contributed by atoms with E-state index >= 15 is 0 Å². The monoisotopic (exact) mass is 238 g/mol. The van der Waals surface area contributed by atoms with Gasteiger partial charge in [-0.15, -0.1) is 6.58 Å². The summed E-state index contributed by atoms with van der Waals surface area (Å²) in [5.74, 6) is 0. The van der Waals surface area contributed by atoms with Crippen LogP contribution in [0.15, 0.2) is 12.3 Å². The maximum Gasteiger partial charge on any atom is 0.451 e. The Kier molecular flexibility index (Phi) is 7.23. The van der Waals surface area contributed by atoms with E-state index in [-0.39, 0.29) is 0 Å². The zero-order valence-electron chi connectivity index (χ0n) is 8.24. The van der Waals surface area contributed by atoms with E-state index in [2.05, 4.69) is 26.2 Å². The van der Waals surface area contributed by atoms with E-state index in [9.17, 15) is 0 Å². The highest BCUT2D eigenvalue weighted by Gasteiger charge is 2.16. The van der Waals surface area contributed by atoms with E-state index in [1.165, 1.54) is 0 Å². The van der Waals surface area contributed by atoms with E-state index < -0.39 is 27.6 Å². The van der Waals surface area contributed by atoms with Crippen LogP contribution in [-0.2, 0) is 12.3 Å². The van der Waals surface area contributed by atoms with E-state index in [4.69, 9.17) is 12.3 Å². The lowest BCUT2D eigenvalue weighted by molar-refractivity contribution is 0.328. The predicted octanol–water partition coefficient (Wildman–Crippen LogP) is -0.904. The average Bonchev–Trinajstić information content (AvgIpc) is 2.02. The van der Waals surface area contributed by atoms with Crippen LogP contribution < -0.4 is 0 Å². The van der Waals surface area contributed by atoms with Crippen molar-refractivity contribution >= 4 is 38.1 Å².